The summed E-state index contributed by atoms with van der Waals surface area (Å²) in [5.74, 6) is -0.596. The molecule has 0 rings (SSSR count). The van der Waals surface area contributed by atoms with E-state index >= 15 is 0 Å². The summed E-state index contributed by atoms with van der Waals surface area (Å²) >= 11 is 0. The lowest BCUT2D eigenvalue weighted by molar-refractivity contribution is -0.132. The van der Waals surface area contributed by atoms with E-state index in [1.54, 1.807) is 0 Å². The zero-order chi connectivity index (χ0) is 42.4. The maximum atomic E-state index is 12.6. The van der Waals surface area contributed by atoms with Gasteiger partial charge in [0.2, 0.25) is 5.91 Å². The van der Waals surface area contributed by atoms with Crippen LogP contribution < -0.4 is 5.32 Å². The molecule has 0 saturated heterocycles. The van der Waals surface area contributed by atoms with Crippen molar-refractivity contribution in [1.82, 2.24) is 5.32 Å². The number of unbranched alkanes of at least 4 members (excludes halogenated alkanes) is 31. The van der Waals surface area contributed by atoms with Crippen molar-refractivity contribution < 1.29 is 25.2 Å². The van der Waals surface area contributed by atoms with E-state index in [2.05, 4.69) is 55.6 Å². The van der Waals surface area contributed by atoms with Crippen LogP contribution in [0.25, 0.3) is 0 Å². The molecule has 0 aromatic rings. The molecule has 0 aliphatic rings. The van der Waals surface area contributed by atoms with Crippen molar-refractivity contribution in [3.8, 4) is 0 Å². The molecule has 6 nitrogen and oxygen atoms in total. The summed E-state index contributed by atoms with van der Waals surface area (Å²) in [7, 11) is 0. The molecule has 6 heteroatoms. The van der Waals surface area contributed by atoms with Gasteiger partial charge in [0.1, 0.15) is 12.2 Å². The predicted molar refractivity (Wildman–Crippen MR) is 251 cm³/mol. The first-order valence-corrected chi connectivity index (χ1v) is 25.4. The summed E-state index contributed by atoms with van der Waals surface area (Å²) in [5, 5.41) is 43.8. The van der Waals surface area contributed by atoms with E-state index in [4.69, 9.17) is 0 Å². The maximum Gasteiger partial charge on any atom is 0.249 e. The second kappa shape index (κ2) is 46.6. The van der Waals surface area contributed by atoms with Gasteiger partial charge < -0.3 is 25.7 Å². The first-order valence-electron chi connectivity index (χ1n) is 25.4. The fourth-order valence-electron chi connectivity index (χ4n) is 7.79. The Kier molecular flexibility index (Phi) is 45.4. The van der Waals surface area contributed by atoms with Gasteiger partial charge in [-0.05, 0) is 64.2 Å². The summed E-state index contributed by atoms with van der Waals surface area (Å²) in [6.07, 6.45) is 56.2. The van der Waals surface area contributed by atoms with Crippen molar-refractivity contribution >= 4 is 5.91 Å². The molecule has 58 heavy (non-hydrogen) atoms. The van der Waals surface area contributed by atoms with Crippen LogP contribution >= 0.6 is 0 Å². The largest absolute Gasteiger partial charge is 0.394 e. The number of hydrogen-bond donors (Lipinski definition) is 5. The molecular formula is C52H99NO5. The average Bonchev–Trinajstić information content (AvgIpc) is 3.23. The van der Waals surface area contributed by atoms with E-state index in [1.165, 1.54) is 173 Å². The highest BCUT2D eigenvalue weighted by atomic mass is 16.3. The van der Waals surface area contributed by atoms with Crippen LogP contribution in [0.15, 0.2) is 36.5 Å². The number of allylic oxidation sites excluding steroid dienone is 6. The number of hydrogen-bond acceptors (Lipinski definition) is 5. The second-order valence-corrected chi connectivity index (χ2v) is 17.5. The molecule has 0 saturated carbocycles. The number of carbonyl (C=O) groups is 1. The van der Waals surface area contributed by atoms with Gasteiger partial charge in [-0.25, -0.2) is 0 Å². The monoisotopic (exact) mass is 818 g/mol. The number of aliphatic hydroxyl groups is 4. The first-order chi connectivity index (χ1) is 28.5. The summed E-state index contributed by atoms with van der Waals surface area (Å²) in [6, 6.07) is -1.01. The van der Waals surface area contributed by atoms with E-state index in [1.807, 2.05) is 0 Å². The molecule has 0 heterocycles. The molecule has 4 unspecified atom stereocenters. The van der Waals surface area contributed by atoms with Crippen LogP contribution in [-0.4, -0.2) is 57.3 Å². The second-order valence-electron chi connectivity index (χ2n) is 17.5. The Morgan fingerprint density at radius 1 is 0.414 bits per heavy atom. The van der Waals surface area contributed by atoms with Crippen molar-refractivity contribution in [2.45, 2.75) is 282 Å². The number of rotatable bonds is 46. The SMILES string of the molecule is CCCCCC/C=C/CC/C=C/CC/C=C/CCCC(O)C(O)C(CO)NC(=O)C(O)CCCCCCCCCCCCCCCCCCCCCCCCCCC. The molecule has 0 aliphatic heterocycles. The van der Waals surface area contributed by atoms with Gasteiger partial charge in [-0.15, -0.1) is 0 Å². The lowest BCUT2D eigenvalue weighted by Gasteiger charge is -2.27. The van der Waals surface area contributed by atoms with Crippen molar-refractivity contribution in [3.63, 3.8) is 0 Å². The van der Waals surface area contributed by atoms with Gasteiger partial charge >= 0.3 is 0 Å². The molecule has 0 bridgehead atoms. The Morgan fingerprint density at radius 2 is 0.724 bits per heavy atom. The van der Waals surface area contributed by atoms with Crippen molar-refractivity contribution in [2.24, 2.45) is 0 Å². The lowest BCUT2D eigenvalue weighted by atomic mass is 10.00. The quantitative estimate of drug-likeness (QED) is 0.0310. The van der Waals surface area contributed by atoms with Crippen LogP contribution in [0, 0.1) is 0 Å². The molecule has 4 atom stereocenters. The molecule has 0 radical (unpaired) electrons. The average molecular weight is 818 g/mol. The van der Waals surface area contributed by atoms with Crippen LogP contribution in [0.4, 0.5) is 0 Å². The summed E-state index contributed by atoms with van der Waals surface area (Å²) in [4.78, 5) is 12.6. The molecule has 0 aromatic carbocycles. The zero-order valence-corrected chi connectivity index (χ0v) is 38.5. The zero-order valence-electron chi connectivity index (χ0n) is 38.5. The van der Waals surface area contributed by atoms with Gasteiger partial charge in [0.15, 0.2) is 0 Å². The third kappa shape index (κ3) is 40.0. The number of nitrogens with one attached hydrogen (secondary N) is 1. The van der Waals surface area contributed by atoms with Gasteiger partial charge in [-0.1, -0.05) is 230 Å². The Bertz CT molecular complexity index is 919. The van der Waals surface area contributed by atoms with E-state index in [-0.39, 0.29) is 0 Å². The Balaban J connectivity index is 3.69. The predicted octanol–water partition coefficient (Wildman–Crippen LogP) is 14.1. The smallest absolute Gasteiger partial charge is 0.249 e. The highest BCUT2D eigenvalue weighted by molar-refractivity contribution is 5.80. The minimum atomic E-state index is -1.29. The fourth-order valence-corrected chi connectivity index (χ4v) is 7.79. The van der Waals surface area contributed by atoms with Crippen molar-refractivity contribution in [3.05, 3.63) is 36.5 Å². The molecule has 0 spiro atoms. The van der Waals surface area contributed by atoms with Crippen molar-refractivity contribution in [2.75, 3.05) is 6.61 Å². The minimum absolute atomic E-state index is 0.362. The molecule has 1 amide bonds. The molecule has 0 aliphatic carbocycles. The maximum absolute atomic E-state index is 12.6. The van der Waals surface area contributed by atoms with E-state index in [0.29, 0.717) is 19.3 Å². The third-order valence-corrected chi connectivity index (χ3v) is 11.8. The molecule has 342 valence electrons. The van der Waals surface area contributed by atoms with Crippen molar-refractivity contribution in [1.29, 1.82) is 0 Å². The van der Waals surface area contributed by atoms with Gasteiger partial charge in [-0.3, -0.25) is 4.79 Å². The van der Waals surface area contributed by atoms with Gasteiger partial charge in [-0.2, -0.15) is 0 Å². The summed E-state index contributed by atoms with van der Waals surface area (Å²) in [6.45, 7) is 4.03. The topological polar surface area (TPSA) is 110 Å². The van der Waals surface area contributed by atoms with Crippen LogP contribution in [0.1, 0.15) is 258 Å². The first kappa shape index (κ1) is 56.5. The molecule has 5 N–H and O–H groups in total. The van der Waals surface area contributed by atoms with E-state index in [9.17, 15) is 25.2 Å². The molecule has 0 aromatic heterocycles. The number of aliphatic hydroxyl groups excluding tert-OH is 4. The normalized spacial score (nSPS) is 14.2. The summed E-state index contributed by atoms with van der Waals surface area (Å²) in [5.41, 5.74) is 0. The van der Waals surface area contributed by atoms with Crippen LogP contribution in [0.3, 0.4) is 0 Å². The van der Waals surface area contributed by atoms with Crippen LogP contribution in [0.5, 0.6) is 0 Å². The van der Waals surface area contributed by atoms with Crippen LogP contribution in [-0.2, 0) is 4.79 Å². The van der Waals surface area contributed by atoms with E-state index < -0.39 is 36.9 Å². The molecular weight excluding hydrogens is 719 g/mol. The third-order valence-electron chi connectivity index (χ3n) is 11.8. The number of carbonyl (C=O) groups excluding carboxylic acids is 1. The Morgan fingerprint density at radius 3 is 1.09 bits per heavy atom. The van der Waals surface area contributed by atoms with Gasteiger partial charge in [0, 0.05) is 0 Å². The Hall–Kier alpha value is -1.47. The highest BCUT2D eigenvalue weighted by Crippen LogP contribution is 2.17. The standard InChI is InChI=1S/C52H99NO5/c1-3-5-7-9-11-13-15-17-19-21-22-23-24-25-26-27-28-30-32-34-36-38-40-42-44-46-50(56)52(58)53-48(47-54)51(57)49(55)45-43-41-39-37-35-33-31-29-20-18-16-14-12-10-8-6-4-2/h14,16,29,31,37,39,48-51,54-57H,3-13,15,17-28,30,32-36,38,40-47H2,1-2H3,(H,53,58)/b16-14+,31-29+,39-37+. The Labute approximate surface area is 360 Å². The summed E-state index contributed by atoms with van der Waals surface area (Å²) < 4.78 is 0. The van der Waals surface area contributed by atoms with Crippen LogP contribution in [0.2, 0.25) is 0 Å². The molecule has 0 fully saturated rings. The van der Waals surface area contributed by atoms with Gasteiger partial charge in [0.25, 0.3) is 0 Å². The van der Waals surface area contributed by atoms with E-state index in [0.717, 1.165) is 51.4 Å². The fraction of sp³-hybridized carbons (Fsp3) is 0.865. The highest BCUT2D eigenvalue weighted by Gasteiger charge is 2.28. The lowest BCUT2D eigenvalue weighted by Crippen LogP contribution is -2.53. The van der Waals surface area contributed by atoms with Gasteiger partial charge in [0.05, 0.1) is 18.8 Å². The minimum Gasteiger partial charge on any atom is -0.394 e. The number of amides is 1.